The lowest BCUT2D eigenvalue weighted by atomic mass is 10.0. The van der Waals surface area contributed by atoms with E-state index in [9.17, 15) is 35.9 Å². The molecule has 2 aromatic rings. The van der Waals surface area contributed by atoms with Gasteiger partial charge < -0.3 is 9.47 Å². The highest BCUT2D eigenvalue weighted by molar-refractivity contribution is 9.10. The van der Waals surface area contributed by atoms with E-state index in [0.717, 1.165) is 6.07 Å². The highest BCUT2D eigenvalue weighted by atomic mass is 79.9. The fourth-order valence-electron chi connectivity index (χ4n) is 2.84. The second-order valence-corrected chi connectivity index (χ2v) is 7.79. The minimum absolute atomic E-state index is 0.00877. The Labute approximate surface area is 181 Å². The number of hydrogen-bond acceptors (Lipinski definition) is 4. The van der Waals surface area contributed by atoms with Gasteiger partial charge in [-0.05, 0) is 24.3 Å². The standard InChI is InChI=1S/2C9H4BrF3O2/c10-7-1-4-3-15-8(14)5(4)2-6(7)9(11,12)13;10-6-2-1-4-5(3-15-8(4)14)7(6)9(11,12)13/h2*1-2H,3H2. The molecule has 2 aromatic carbocycles. The molecular formula is C18H8Br2F6O4. The largest absolute Gasteiger partial charge is 0.457 e. The molecule has 0 aromatic heterocycles. The number of fused-ring (bicyclic) bond motifs is 2. The van der Waals surface area contributed by atoms with Crippen LogP contribution in [0.2, 0.25) is 0 Å². The summed E-state index contributed by atoms with van der Waals surface area (Å²) in [6, 6.07) is 4.61. The van der Waals surface area contributed by atoms with Crippen molar-refractivity contribution in [1.29, 1.82) is 0 Å². The smallest absolute Gasteiger partial charge is 0.417 e. The molecule has 0 aliphatic carbocycles. The molecule has 12 heteroatoms. The number of benzene rings is 2. The van der Waals surface area contributed by atoms with Gasteiger partial charge in [-0.25, -0.2) is 9.59 Å². The lowest BCUT2D eigenvalue weighted by Gasteiger charge is -2.11. The van der Waals surface area contributed by atoms with Crippen LogP contribution in [-0.4, -0.2) is 11.9 Å². The van der Waals surface area contributed by atoms with Gasteiger partial charge in [0.25, 0.3) is 0 Å². The van der Waals surface area contributed by atoms with E-state index < -0.39 is 35.4 Å². The number of esters is 2. The van der Waals surface area contributed by atoms with Crippen molar-refractivity contribution in [2.75, 3.05) is 0 Å². The second-order valence-electron chi connectivity index (χ2n) is 6.09. The molecule has 30 heavy (non-hydrogen) atoms. The van der Waals surface area contributed by atoms with Gasteiger partial charge in [0.2, 0.25) is 0 Å². The molecule has 0 unspecified atom stereocenters. The van der Waals surface area contributed by atoms with Crippen molar-refractivity contribution in [2.24, 2.45) is 0 Å². The Hall–Kier alpha value is -2.08. The summed E-state index contributed by atoms with van der Waals surface area (Å²) < 4.78 is 84.3. The van der Waals surface area contributed by atoms with Gasteiger partial charge in [0, 0.05) is 20.1 Å². The SMILES string of the molecule is O=C1OCc2c1ccc(Br)c2C(F)(F)F.O=C1OCc2cc(Br)c(C(F)(F)F)cc21. The predicted molar refractivity (Wildman–Crippen MR) is 96.5 cm³/mol. The van der Waals surface area contributed by atoms with Gasteiger partial charge in [0.1, 0.15) is 13.2 Å². The predicted octanol–water partition coefficient (Wildman–Crippen LogP) is 6.28. The molecule has 0 saturated heterocycles. The number of alkyl halides is 6. The third-order valence-corrected chi connectivity index (χ3v) is 5.51. The molecule has 4 nitrogen and oxygen atoms in total. The van der Waals surface area contributed by atoms with Crippen molar-refractivity contribution in [3.05, 3.63) is 66.6 Å². The number of halogens is 8. The fraction of sp³-hybridized carbons (Fsp3) is 0.222. The van der Waals surface area contributed by atoms with Crippen LogP contribution in [-0.2, 0) is 35.0 Å². The number of rotatable bonds is 0. The van der Waals surface area contributed by atoms with Crippen LogP contribution >= 0.6 is 31.9 Å². The van der Waals surface area contributed by atoms with Crippen molar-refractivity contribution >= 4 is 43.8 Å². The third-order valence-electron chi connectivity index (χ3n) is 4.19. The van der Waals surface area contributed by atoms with Gasteiger partial charge in [-0.3, -0.25) is 0 Å². The van der Waals surface area contributed by atoms with Crippen molar-refractivity contribution in [3.63, 3.8) is 0 Å². The van der Waals surface area contributed by atoms with Crippen molar-refractivity contribution in [2.45, 2.75) is 25.6 Å². The molecule has 0 spiro atoms. The summed E-state index contributed by atoms with van der Waals surface area (Å²) in [5.74, 6) is -1.41. The topological polar surface area (TPSA) is 52.6 Å². The van der Waals surface area contributed by atoms with Gasteiger partial charge in [0.15, 0.2) is 0 Å². The zero-order valence-corrected chi connectivity index (χ0v) is 17.6. The molecule has 2 heterocycles. The Bertz CT molecular complexity index is 1040. The molecule has 4 rings (SSSR count). The van der Waals surface area contributed by atoms with E-state index in [-0.39, 0.29) is 38.8 Å². The van der Waals surface area contributed by atoms with E-state index in [2.05, 4.69) is 41.3 Å². The van der Waals surface area contributed by atoms with Gasteiger partial charge in [0.05, 0.1) is 22.3 Å². The van der Waals surface area contributed by atoms with Gasteiger partial charge in [-0.15, -0.1) is 0 Å². The summed E-state index contributed by atoms with van der Waals surface area (Å²) >= 11 is 5.64. The van der Waals surface area contributed by atoms with Crippen LogP contribution < -0.4 is 0 Å². The maximum Gasteiger partial charge on any atom is 0.417 e. The van der Waals surface area contributed by atoms with Crippen LogP contribution in [0, 0.1) is 0 Å². The average Bonchev–Trinajstić information content (AvgIpc) is 3.15. The molecule has 0 amide bonds. The first-order chi connectivity index (χ1) is 13.8. The maximum absolute atomic E-state index is 12.6. The van der Waals surface area contributed by atoms with Crippen molar-refractivity contribution < 1.29 is 45.4 Å². The van der Waals surface area contributed by atoms with Gasteiger partial charge in [-0.1, -0.05) is 31.9 Å². The summed E-state index contributed by atoms with van der Waals surface area (Å²) in [7, 11) is 0. The van der Waals surface area contributed by atoms with Crippen molar-refractivity contribution in [1.82, 2.24) is 0 Å². The number of hydrogen-bond donors (Lipinski definition) is 0. The first kappa shape index (κ1) is 22.6. The van der Waals surface area contributed by atoms with Crippen LogP contribution in [0.1, 0.15) is 43.0 Å². The number of carbonyl (C=O) groups is 2. The van der Waals surface area contributed by atoms with Crippen LogP contribution in [0.3, 0.4) is 0 Å². The van der Waals surface area contributed by atoms with Crippen LogP contribution in [0.4, 0.5) is 26.3 Å². The molecule has 2 aliphatic rings. The summed E-state index contributed by atoms with van der Waals surface area (Å²) in [4.78, 5) is 22.1. The van der Waals surface area contributed by atoms with Gasteiger partial charge >= 0.3 is 24.3 Å². The Kier molecular flexibility index (Phi) is 5.93. The van der Waals surface area contributed by atoms with Crippen LogP contribution in [0.15, 0.2) is 33.2 Å². The molecule has 0 N–H and O–H groups in total. The monoisotopic (exact) mass is 560 g/mol. The zero-order chi connectivity index (χ0) is 22.4. The molecule has 160 valence electrons. The van der Waals surface area contributed by atoms with Crippen LogP contribution in [0.25, 0.3) is 0 Å². The lowest BCUT2D eigenvalue weighted by molar-refractivity contribution is -0.139. The number of ether oxygens (including phenoxy) is 2. The highest BCUT2D eigenvalue weighted by Crippen LogP contribution is 2.41. The second kappa shape index (κ2) is 7.88. The molecule has 2 aliphatic heterocycles. The van der Waals surface area contributed by atoms with E-state index in [4.69, 9.17) is 0 Å². The third kappa shape index (κ3) is 4.34. The van der Waals surface area contributed by atoms with E-state index >= 15 is 0 Å². The van der Waals surface area contributed by atoms with E-state index in [0.29, 0.717) is 5.56 Å². The first-order valence-corrected chi connectivity index (χ1v) is 9.51. The summed E-state index contributed by atoms with van der Waals surface area (Å²) in [6.45, 7) is -0.284. The van der Waals surface area contributed by atoms with E-state index in [1.54, 1.807) is 0 Å². The Morgan fingerprint density at radius 2 is 1.37 bits per heavy atom. The minimum Gasteiger partial charge on any atom is -0.457 e. The van der Waals surface area contributed by atoms with Crippen molar-refractivity contribution in [3.8, 4) is 0 Å². The minimum atomic E-state index is -4.49. The first-order valence-electron chi connectivity index (χ1n) is 7.93. The molecule has 0 atom stereocenters. The number of cyclic esters (lactones) is 2. The zero-order valence-electron chi connectivity index (χ0n) is 14.4. The summed E-state index contributed by atoms with van der Waals surface area (Å²) in [5.41, 5.74) is -1.33. The Balaban J connectivity index is 0.000000171. The number of carbonyl (C=O) groups excluding carboxylic acids is 2. The normalized spacial score (nSPS) is 15.1. The van der Waals surface area contributed by atoms with Crippen LogP contribution in [0.5, 0.6) is 0 Å². The Morgan fingerprint density at radius 3 is 1.97 bits per heavy atom. The molecule has 0 bridgehead atoms. The summed E-state index contributed by atoms with van der Waals surface area (Å²) in [6.07, 6.45) is -8.96. The Morgan fingerprint density at radius 1 is 0.767 bits per heavy atom. The molecule has 0 fully saturated rings. The molecular weight excluding hydrogens is 554 g/mol. The lowest BCUT2D eigenvalue weighted by Crippen LogP contribution is -2.10. The molecule has 0 saturated carbocycles. The highest BCUT2D eigenvalue weighted by Gasteiger charge is 2.40. The summed E-state index contributed by atoms with van der Waals surface area (Å²) in [5, 5.41) is 0. The van der Waals surface area contributed by atoms with E-state index in [1.807, 2.05) is 0 Å². The molecule has 0 radical (unpaired) electrons. The van der Waals surface area contributed by atoms with E-state index in [1.165, 1.54) is 18.2 Å². The quantitative estimate of drug-likeness (QED) is 0.281. The van der Waals surface area contributed by atoms with Gasteiger partial charge in [-0.2, -0.15) is 26.3 Å². The average molecular weight is 562 g/mol. The fourth-order valence-corrected chi connectivity index (χ4v) is 4.06. The maximum atomic E-state index is 12.6.